The van der Waals surface area contributed by atoms with Gasteiger partial charge in [0.1, 0.15) is 12.3 Å². The summed E-state index contributed by atoms with van der Waals surface area (Å²) in [6, 6.07) is 0.363. The third-order valence-electron chi connectivity index (χ3n) is 3.15. The first-order chi connectivity index (χ1) is 10.1. The van der Waals surface area contributed by atoms with Crippen LogP contribution in [0.25, 0.3) is 0 Å². The molecule has 0 aromatic carbocycles. The summed E-state index contributed by atoms with van der Waals surface area (Å²) in [5.41, 5.74) is 0.887. The first-order valence-corrected chi connectivity index (χ1v) is 7.33. The van der Waals surface area contributed by atoms with E-state index < -0.39 is 0 Å². The zero-order valence-electron chi connectivity index (χ0n) is 12.8. The molecule has 0 bridgehead atoms. The van der Waals surface area contributed by atoms with E-state index in [2.05, 4.69) is 25.9 Å². The third-order valence-corrected chi connectivity index (χ3v) is 3.15. The SMILES string of the molecule is CCNC(=NCC(=O)NC1CC1)NCc1nc(C)c(C)o1. The number of aryl methyl sites for hydroxylation is 2. The van der Waals surface area contributed by atoms with Crippen LogP contribution in [-0.4, -0.2) is 36.0 Å². The monoisotopic (exact) mass is 293 g/mol. The zero-order valence-corrected chi connectivity index (χ0v) is 12.8. The molecule has 0 spiro atoms. The average molecular weight is 293 g/mol. The van der Waals surface area contributed by atoms with E-state index >= 15 is 0 Å². The minimum absolute atomic E-state index is 0.0440. The first kappa shape index (κ1) is 15.3. The van der Waals surface area contributed by atoms with Gasteiger partial charge in [-0.1, -0.05) is 0 Å². The molecule has 3 N–H and O–H groups in total. The minimum atomic E-state index is -0.0440. The van der Waals surface area contributed by atoms with E-state index in [1.807, 2.05) is 20.8 Å². The molecule has 1 fully saturated rings. The number of guanidine groups is 1. The Hall–Kier alpha value is -2.05. The molecule has 116 valence electrons. The second-order valence-electron chi connectivity index (χ2n) is 5.14. The number of aliphatic imine (C=N–C) groups is 1. The molecule has 1 amide bonds. The lowest BCUT2D eigenvalue weighted by Gasteiger charge is -2.09. The zero-order chi connectivity index (χ0) is 15.2. The van der Waals surface area contributed by atoms with Crippen molar-refractivity contribution in [1.29, 1.82) is 0 Å². The largest absolute Gasteiger partial charge is 0.444 e. The smallest absolute Gasteiger partial charge is 0.242 e. The normalized spacial score (nSPS) is 14.9. The fourth-order valence-corrected chi connectivity index (χ4v) is 1.77. The molecule has 0 unspecified atom stereocenters. The van der Waals surface area contributed by atoms with Gasteiger partial charge in [0.2, 0.25) is 11.8 Å². The topological polar surface area (TPSA) is 91.5 Å². The highest BCUT2D eigenvalue weighted by atomic mass is 16.4. The highest BCUT2D eigenvalue weighted by Gasteiger charge is 2.22. The van der Waals surface area contributed by atoms with Crippen LogP contribution in [0.4, 0.5) is 0 Å². The predicted octanol–water partition coefficient (Wildman–Crippen LogP) is 0.625. The summed E-state index contributed by atoms with van der Waals surface area (Å²) in [6.07, 6.45) is 2.16. The summed E-state index contributed by atoms with van der Waals surface area (Å²) in [4.78, 5) is 20.2. The van der Waals surface area contributed by atoms with Gasteiger partial charge >= 0.3 is 0 Å². The van der Waals surface area contributed by atoms with Gasteiger partial charge in [-0.2, -0.15) is 0 Å². The maximum atomic E-state index is 11.6. The Balaban J connectivity index is 1.83. The van der Waals surface area contributed by atoms with Gasteiger partial charge < -0.3 is 20.4 Å². The Bertz CT molecular complexity index is 500. The summed E-state index contributed by atoms with van der Waals surface area (Å²) < 4.78 is 5.49. The fourth-order valence-electron chi connectivity index (χ4n) is 1.77. The number of hydrogen-bond donors (Lipinski definition) is 3. The van der Waals surface area contributed by atoms with Gasteiger partial charge in [-0.3, -0.25) is 4.79 Å². The van der Waals surface area contributed by atoms with E-state index in [0.717, 1.165) is 30.8 Å². The molecule has 1 aromatic rings. The average Bonchev–Trinajstić information content (AvgIpc) is 3.19. The molecule has 7 heteroatoms. The number of aromatic nitrogens is 1. The van der Waals surface area contributed by atoms with Gasteiger partial charge in [-0.15, -0.1) is 0 Å². The maximum Gasteiger partial charge on any atom is 0.242 e. The Kier molecular flexibility index (Phi) is 5.19. The molecule has 1 aromatic heterocycles. The molecule has 1 heterocycles. The molecule has 0 atom stereocenters. The molecule has 21 heavy (non-hydrogen) atoms. The molecule has 1 aliphatic rings. The number of nitrogens with one attached hydrogen (secondary N) is 3. The number of rotatable bonds is 6. The lowest BCUT2D eigenvalue weighted by atomic mass is 10.4. The lowest BCUT2D eigenvalue weighted by molar-refractivity contribution is -0.119. The number of oxazole rings is 1. The number of carbonyl (C=O) groups excluding carboxylic acids is 1. The molecule has 0 aliphatic heterocycles. The van der Waals surface area contributed by atoms with Crippen molar-refractivity contribution < 1.29 is 9.21 Å². The molecule has 2 rings (SSSR count). The van der Waals surface area contributed by atoms with E-state index in [4.69, 9.17) is 4.42 Å². The molecule has 1 aliphatic carbocycles. The quantitative estimate of drug-likeness (QED) is 0.528. The highest BCUT2D eigenvalue weighted by molar-refractivity contribution is 5.85. The van der Waals surface area contributed by atoms with Crippen molar-refractivity contribution in [3.8, 4) is 0 Å². The Morgan fingerprint density at radius 1 is 1.38 bits per heavy atom. The van der Waals surface area contributed by atoms with Crippen LogP contribution in [-0.2, 0) is 11.3 Å². The van der Waals surface area contributed by atoms with Crippen molar-refractivity contribution in [2.75, 3.05) is 13.1 Å². The van der Waals surface area contributed by atoms with Crippen molar-refractivity contribution in [3.05, 3.63) is 17.3 Å². The number of carbonyl (C=O) groups is 1. The molecular formula is C14H23N5O2. The summed E-state index contributed by atoms with van der Waals surface area (Å²) in [5.74, 6) is 1.96. The predicted molar refractivity (Wildman–Crippen MR) is 80.0 cm³/mol. The minimum Gasteiger partial charge on any atom is -0.444 e. The van der Waals surface area contributed by atoms with Crippen LogP contribution >= 0.6 is 0 Å². The maximum absolute atomic E-state index is 11.6. The van der Waals surface area contributed by atoms with E-state index in [1.165, 1.54) is 0 Å². The molecule has 0 saturated heterocycles. The van der Waals surface area contributed by atoms with Crippen molar-refractivity contribution in [3.63, 3.8) is 0 Å². The van der Waals surface area contributed by atoms with Crippen LogP contribution in [0.3, 0.4) is 0 Å². The van der Waals surface area contributed by atoms with Crippen LogP contribution in [0.2, 0.25) is 0 Å². The molecule has 0 radical (unpaired) electrons. The molecular weight excluding hydrogens is 270 g/mol. The van der Waals surface area contributed by atoms with Gasteiger partial charge in [0.05, 0.1) is 12.2 Å². The Labute approximate surface area is 124 Å². The summed E-state index contributed by atoms with van der Waals surface area (Å²) in [6.45, 7) is 7.04. The van der Waals surface area contributed by atoms with Gasteiger partial charge in [-0.25, -0.2) is 9.98 Å². The van der Waals surface area contributed by atoms with E-state index in [1.54, 1.807) is 0 Å². The van der Waals surface area contributed by atoms with Gasteiger partial charge in [-0.05, 0) is 33.6 Å². The summed E-state index contributed by atoms with van der Waals surface area (Å²) >= 11 is 0. The Morgan fingerprint density at radius 3 is 2.71 bits per heavy atom. The van der Waals surface area contributed by atoms with E-state index in [-0.39, 0.29) is 12.5 Å². The third kappa shape index (κ3) is 5.09. The van der Waals surface area contributed by atoms with Crippen molar-refractivity contribution in [2.24, 2.45) is 4.99 Å². The van der Waals surface area contributed by atoms with E-state index in [9.17, 15) is 4.79 Å². The van der Waals surface area contributed by atoms with Gasteiger partial charge in [0, 0.05) is 12.6 Å². The second-order valence-corrected chi connectivity index (χ2v) is 5.14. The van der Waals surface area contributed by atoms with Gasteiger partial charge in [0.15, 0.2) is 5.96 Å². The van der Waals surface area contributed by atoms with Crippen LogP contribution in [0.5, 0.6) is 0 Å². The standard InChI is InChI=1S/C14H23N5O2/c1-4-15-14(16-7-12(20)19-11-5-6-11)17-8-13-18-9(2)10(3)21-13/h11H,4-8H2,1-3H3,(H,19,20)(H2,15,16,17). The van der Waals surface area contributed by atoms with Crippen LogP contribution in [0, 0.1) is 13.8 Å². The number of nitrogens with zero attached hydrogens (tertiary/aromatic N) is 2. The first-order valence-electron chi connectivity index (χ1n) is 7.33. The van der Waals surface area contributed by atoms with Crippen LogP contribution < -0.4 is 16.0 Å². The molecule has 1 saturated carbocycles. The van der Waals surface area contributed by atoms with Crippen molar-refractivity contribution in [2.45, 2.75) is 46.2 Å². The summed E-state index contributed by atoms with van der Waals surface area (Å²) in [7, 11) is 0. The number of hydrogen-bond acceptors (Lipinski definition) is 4. The van der Waals surface area contributed by atoms with Crippen LogP contribution in [0.1, 0.15) is 37.1 Å². The second kappa shape index (κ2) is 7.10. The lowest BCUT2D eigenvalue weighted by Crippen LogP contribution is -2.38. The highest BCUT2D eigenvalue weighted by Crippen LogP contribution is 2.18. The van der Waals surface area contributed by atoms with Crippen molar-refractivity contribution in [1.82, 2.24) is 20.9 Å². The van der Waals surface area contributed by atoms with Crippen molar-refractivity contribution >= 4 is 11.9 Å². The van der Waals surface area contributed by atoms with Gasteiger partial charge in [0.25, 0.3) is 0 Å². The number of amides is 1. The molecule has 7 nitrogen and oxygen atoms in total. The summed E-state index contributed by atoms with van der Waals surface area (Å²) in [5, 5.41) is 9.10. The van der Waals surface area contributed by atoms with E-state index in [0.29, 0.717) is 24.4 Å². The fraction of sp³-hybridized carbons (Fsp3) is 0.643. The van der Waals surface area contributed by atoms with Crippen LogP contribution in [0.15, 0.2) is 9.41 Å². The Morgan fingerprint density at radius 2 is 2.14 bits per heavy atom.